The van der Waals surface area contributed by atoms with Crippen LogP contribution in [0.1, 0.15) is 31.2 Å². The van der Waals surface area contributed by atoms with Crippen LogP contribution in [-0.4, -0.2) is 16.4 Å². The van der Waals surface area contributed by atoms with Gasteiger partial charge in [0.05, 0.1) is 5.54 Å². The van der Waals surface area contributed by atoms with Gasteiger partial charge in [0, 0.05) is 6.42 Å². The van der Waals surface area contributed by atoms with Crippen LogP contribution in [0.5, 0.6) is 5.75 Å². The van der Waals surface area contributed by atoms with Crippen LogP contribution in [0.3, 0.4) is 0 Å². The van der Waals surface area contributed by atoms with Gasteiger partial charge in [-0.05, 0) is 30.5 Å². The first-order chi connectivity index (χ1) is 7.60. The van der Waals surface area contributed by atoms with Crippen molar-refractivity contribution in [1.82, 2.24) is 0 Å². The highest BCUT2D eigenvalue weighted by Crippen LogP contribution is 2.29. The van der Waals surface area contributed by atoms with Crippen molar-refractivity contribution < 1.29 is 9.90 Å². The summed E-state index contributed by atoms with van der Waals surface area (Å²) in [7, 11) is 0. The molecule has 0 aromatic heterocycles. The summed E-state index contributed by atoms with van der Waals surface area (Å²) < 4.78 is 0. The van der Waals surface area contributed by atoms with Gasteiger partial charge in [0.15, 0.2) is 5.78 Å². The molecule has 1 fully saturated rings. The highest BCUT2D eigenvalue weighted by Gasteiger charge is 2.36. The number of benzene rings is 1. The lowest BCUT2D eigenvalue weighted by Crippen LogP contribution is -2.46. The van der Waals surface area contributed by atoms with Gasteiger partial charge in [0.25, 0.3) is 0 Å². The Morgan fingerprint density at radius 3 is 2.69 bits per heavy atom. The van der Waals surface area contributed by atoms with E-state index in [1.807, 2.05) is 6.07 Å². The van der Waals surface area contributed by atoms with Crippen LogP contribution in [0, 0.1) is 0 Å². The van der Waals surface area contributed by atoms with Crippen molar-refractivity contribution in [3.8, 4) is 5.75 Å². The van der Waals surface area contributed by atoms with E-state index in [-0.39, 0.29) is 11.5 Å². The fourth-order valence-corrected chi connectivity index (χ4v) is 2.31. The quantitative estimate of drug-likeness (QED) is 0.814. The molecule has 0 saturated heterocycles. The number of carbonyl (C=O) groups excluding carboxylic acids is 1. The maximum atomic E-state index is 12.0. The molecule has 0 heterocycles. The van der Waals surface area contributed by atoms with Gasteiger partial charge in [-0.2, -0.15) is 0 Å². The normalized spacial score (nSPS) is 18.6. The number of aromatic hydroxyl groups is 1. The molecule has 0 amide bonds. The lowest BCUT2D eigenvalue weighted by molar-refractivity contribution is -0.123. The summed E-state index contributed by atoms with van der Waals surface area (Å²) in [5, 5.41) is 9.31. The topological polar surface area (TPSA) is 63.3 Å². The molecule has 86 valence electrons. The molecule has 3 heteroatoms. The van der Waals surface area contributed by atoms with Gasteiger partial charge in [-0.3, -0.25) is 4.79 Å². The molecule has 3 N–H and O–H groups in total. The third-order valence-corrected chi connectivity index (χ3v) is 3.33. The fourth-order valence-electron chi connectivity index (χ4n) is 2.31. The minimum absolute atomic E-state index is 0.0931. The summed E-state index contributed by atoms with van der Waals surface area (Å²) in [6, 6.07) is 6.81. The van der Waals surface area contributed by atoms with Crippen LogP contribution in [0.2, 0.25) is 0 Å². The number of rotatable bonds is 3. The lowest BCUT2D eigenvalue weighted by Gasteiger charge is -2.21. The average molecular weight is 219 g/mol. The van der Waals surface area contributed by atoms with E-state index in [4.69, 9.17) is 5.73 Å². The standard InChI is InChI=1S/C13H17NO2/c14-13(6-1-2-7-13)12(16)9-10-4-3-5-11(15)8-10/h3-5,8,15H,1-2,6-7,9,14H2. The maximum Gasteiger partial charge on any atom is 0.156 e. The monoisotopic (exact) mass is 219 g/mol. The van der Waals surface area contributed by atoms with E-state index in [2.05, 4.69) is 0 Å². The zero-order chi connectivity index (χ0) is 11.6. The average Bonchev–Trinajstić information content (AvgIpc) is 2.66. The van der Waals surface area contributed by atoms with Crippen molar-refractivity contribution in [2.75, 3.05) is 0 Å². The predicted octanol–water partition coefficient (Wildman–Crippen LogP) is 1.78. The second-order valence-corrected chi connectivity index (χ2v) is 4.63. The Labute approximate surface area is 95.3 Å². The fraction of sp³-hybridized carbons (Fsp3) is 0.462. The zero-order valence-corrected chi connectivity index (χ0v) is 9.28. The molecule has 3 nitrogen and oxygen atoms in total. The van der Waals surface area contributed by atoms with E-state index in [1.165, 1.54) is 0 Å². The lowest BCUT2D eigenvalue weighted by atomic mass is 9.89. The second-order valence-electron chi connectivity index (χ2n) is 4.63. The molecule has 0 radical (unpaired) electrons. The first-order valence-corrected chi connectivity index (χ1v) is 5.70. The van der Waals surface area contributed by atoms with E-state index in [0.29, 0.717) is 6.42 Å². The third kappa shape index (κ3) is 2.25. The van der Waals surface area contributed by atoms with Gasteiger partial charge in [0.1, 0.15) is 5.75 Å². The minimum Gasteiger partial charge on any atom is -0.508 e. The Balaban J connectivity index is 2.07. The Kier molecular flexibility index (Phi) is 2.97. The largest absolute Gasteiger partial charge is 0.508 e. The number of nitrogens with two attached hydrogens (primary N) is 1. The van der Waals surface area contributed by atoms with Crippen molar-refractivity contribution in [2.24, 2.45) is 5.73 Å². The van der Waals surface area contributed by atoms with Crippen molar-refractivity contribution in [3.63, 3.8) is 0 Å². The second kappa shape index (κ2) is 4.26. The number of phenols is 1. The number of phenolic OH excluding ortho intramolecular Hbond substituents is 1. The van der Waals surface area contributed by atoms with Crippen LogP contribution < -0.4 is 5.73 Å². The highest BCUT2D eigenvalue weighted by atomic mass is 16.3. The van der Waals surface area contributed by atoms with Gasteiger partial charge < -0.3 is 10.8 Å². The first-order valence-electron chi connectivity index (χ1n) is 5.70. The smallest absolute Gasteiger partial charge is 0.156 e. The summed E-state index contributed by atoms with van der Waals surface area (Å²) in [5.41, 5.74) is 6.29. The predicted molar refractivity (Wildman–Crippen MR) is 62.2 cm³/mol. The number of hydrogen-bond donors (Lipinski definition) is 2. The summed E-state index contributed by atoms with van der Waals surface area (Å²) in [4.78, 5) is 12.0. The Hall–Kier alpha value is -1.35. The van der Waals surface area contributed by atoms with Crippen LogP contribution >= 0.6 is 0 Å². The van der Waals surface area contributed by atoms with Crippen molar-refractivity contribution in [2.45, 2.75) is 37.6 Å². The molecule has 1 aromatic rings. The molecule has 2 rings (SSSR count). The molecule has 1 aliphatic carbocycles. The van der Waals surface area contributed by atoms with Crippen LogP contribution in [0.25, 0.3) is 0 Å². The van der Waals surface area contributed by atoms with Gasteiger partial charge in [-0.1, -0.05) is 25.0 Å². The van der Waals surface area contributed by atoms with Gasteiger partial charge in [-0.25, -0.2) is 0 Å². The van der Waals surface area contributed by atoms with Gasteiger partial charge >= 0.3 is 0 Å². The van der Waals surface area contributed by atoms with Gasteiger partial charge in [0.2, 0.25) is 0 Å². The number of ketones is 1. The first kappa shape index (κ1) is 11.1. The zero-order valence-electron chi connectivity index (χ0n) is 9.28. The molecule has 0 spiro atoms. The van der Waals surface area contributed by atoms with E-state index in [9.17, 15) is 9.90 Å². The van der Waals surface area contributed by atoms with Crippen LogP contribution in [-0.2, 0) is 11.2 Å². The van der Waals surface area contributed by atoms with E-state index >= 15 is 0 Å². The Bertz CT molecular complexity index is 395. The van der Waals surface area contributed by atoms with Crippen molar-refractivity contribution in [3.05, 3.63) is 29.8 Å². The minimum atomic E-state index is -0.620. The van der Waals surface area contributed by atoms with Crippen molar-refractivity contribution >= 4 is 5.78 Å². The molecular formula is C13H17NO2. The molecule has 16 heavy (non-hydrogen) atoms. The van der Waals surface area contributed by atoms with E-state index in [0.717, 1.165) is 31.2 Å². The molecule has 0 bridgehead atoms. The summed E-state index contributed by atoms with van der Waals surface area (Å²) in [5.74, 6) is 0.290. The molecule has 0 aliphatic heterocycles. The highest BCUT2D eigenvalue weighted by molar-refractivity contribution is 5.90. The Morgan fingerprint density at radius 2 is 2.06 bits per heavy atom. The van der Waals surface area contributed by atoms with Crippen LogP contribution in [0.4, 0.5) is 0 Å². The number of hydrogen-bond acceptors (Lipinski definition) is 3. The molecule has 1 aromatic carbocycles. The number of Topliss-reactive ketones (excluding diaryl/α,β-unsaturated/α-hetero) is 1. The van der Waals surface area contributed by atoms with E-state index < -0.39 is 5.54 Å². The van der Waals surface area contributed by atoms with Crippen molar-refractivity contribution in [1.29, 1.82) is 0 Å². The molecule has 1 aliphatic rings. The Morgan fingerprint density at radius 1 is 1.38 bits per heavy atom. The summed E-state index contributed by atoms with van der Waals surface area (Å²) in [6.45, 7) is 0. The maximum absolute atomic E-state index is 12.0. The van der Waals surface area contributed by atoms with Crippen LogP contribution in [0.15, 0.2) is 24.3 Å². The summed E-state index contributed by atoms with van der Waals surface area (Å²) >= 11 is 0. The van der Waals surface area contributed by atoms with E-state index in [1.54, 1.807) is 18.2 Å². The molecular weight excluding hydrogens is 202 g/mol. The number of carbonyl (C=O) groups is 1. The molecule has 1 saturated carbocycles. The van der Waals surface area contributed by atoms with Gasteiger partial charge in [-0.15, -0.1) is 0 Å². The SMILES string of the molecule is NC1(C(=O)Cc2cccc(O)c2)CCCC1. The molecule has 0 unspecified atom stereocenters. The molecule has 0 atom stereocenters. The summed E-state index contributed by atoms with van der Waals surface area (Å²) in [6.07, 6.45) is 4.00. The third-order valence-electron chi connectivity index (χ3n) is 3.33.